The Morgan fingerprint density at radius 1 is 1.56 bits per heavy atom. The quantitative estimate of drug-likeness (QED) is 0.789. The number of nitrogens with one attached hydrogen (secondary N) is 2. The molecule has 82 valence electrons. The molecule has 0 unspecified atom stereocenters. The number of hydrogen-bond acceptors (Lipinski definition) is 5. The number of aromatic amines is 1. The molecule has 8 heteroatoms. The highest BCUT2D eigenvalue weighted by molar-refractivity contribution is 9.10. The largest absolute Gasteiger partial charge is 0.345 e. The summed E-state index contributed by atoms with van der Waals surface area (Å²) >= 11 is 3.19. The van der Waals surface area contributed by atoms with Gasteiger partial charge in [0.25, 0.3) is 5.91 Å². The first-order chi connectivity index (χ1) is 7.75. The summed E-state index contributed by atoms with van der Waals surface area (Å²) in [5, 5.41) is 15.8. The highest BCUT2D eigenvalue weighted by Crippen LogP contribution is 2.07. The molecule has 0 aliphatic heterocycles. The molecule has 7 nitrogen and oxygen atoms in total. The average molecular weight is 283 g/mol. The summed E-state index contributed by atoms with van der Waals surface area (Å²) in [7, 11) is 0. The summed E-state index contributed by atoms with van der Waals surface area (Å²) in [6.07, 6.45) is 1.55. The van der Waals surface area contributed by atoms with Crippen molar-refractivity contribution in [3.63, 3.8) is 0 Å². The molecule has 2 N–H and O–H groups in total. The standard InChI is InChI=1S/C8H7BrN6O/c9-6-3-5(1-2-10-6)8(16)11-4-7-12-14-15-13-7/h1-3H,4H2,(H,11,16)(H,12,13,14,15). The van der Waals surface area contributed by atoms with Gasteiger partial charge in [-0.3, -0.25) is 4.79 Å². The monoisotopic (exact) mass is 282 g/mol. The van der Waals surface area contributed by atoms with Crippen molar-refractivity contribution >= 4 is 21.8 Å². The van der Waals surface area contributed by atoms with E-state index in [4.69, 9.17) is 0 Å². The number of nitrogens with zero attached hydrogens (tertiary/aromatic N) is 4. The molecule has 0 spiro atoms. The van der Waals surface area contributed by atoms with Crippen LogP contribution in [0.5, 0.6) is 0 Å². The summed E-state index contributed by atoms with van der Waals surface area (Å²) < 4.78 is 0.611. The number of aromatic nitrogens is 5. The van der Waals surface area contributed by atoms with Crippen molar-refractivity contribution in [3.05, 3.63) is 34.3 Å². The molecule has 0 aliphatic rings. The Balaban J connectivity index is 1.98. The Labute approximate surface area is 98.8 Å². The van der Waals surface area contributed by atoms with Crippen molar-refractivity contribution in [1.29, 1.82) is 0 Å². The number of pyridine rings is 1. The van der Waals surface area contributed by atoms with E-state index >= 15 is 0 Å². The van der Waals surface area contributed by atoms with Crippen LogP contribution in [0.15, 0.2) is 22.9 Å². The van der Waals surface area contributed by atoms with Crippen LogP contribution in [0.1, 0.15) is 16.2 Å². The van der Waals surface area contributed by atoms with Crippen molar-refractivity contribution in [1.82, 2.24) is 30.9 Å². The molecule has 0 bridgehead atoms. The molecule has 0 saturated carbocycles. The van der Waals surface area contributed by atoms with Gasteiger partial charge >= 0.3 is 0 Å². The Morgan fingerprint density at radius 3 is 3.12 bits per heavy atom. The summed E-state index contributed by atoms with van der Waals surface area (Å²) in [4.78, 5) is 15.6. The van der Waals surface area contributed by atoms with Crippen LogP contribution in [-0.4, -0.2) is 31.5 Å². The van der Waals surface area contributed by atoms with Crippen LogP contribution in [0, 0.1) is 0 Å². The minimum absolute atomic E-state index is 0.215. The lowest BCUT2D eigenvalue weighted by Gasteiger charge is -2.02. The topological polar surface area (TPSA) is 96.5 Å². The van der Waals surface area contributed by atoms with Crippen molar-refractivity contribution in [2.75, 3.05) is 0 Å². The van der Waals surface area contributed by atoms with Crippen LogP contribution in [-0.2, 0) is 6.54 Å². The van der Waals surface area contributed by atoms with Gasteiger partial charge in [-0.15, -0.1) is 10.2 Å². The maximum atomic E-state index is 11.6. The van der Waals surface area contributed by atoms with E-state index in [-0.39, 0.29) is 12.5 Å². The highest BCUT2D eigenvalue weighted by atomic mass is 79.9. The smallest absolute Gasteiger partial charge is 0.251 e. The summed E-state index contributed by atoms with van der Waals surface area (Å²) in [5.74, 6) is 0.217. The van der Waals surface area contributed by atoms with E-state index in [1.807, 2.05) is 0 Å². The number of H-pyrrole nitrogens is 1. The van der Waals surface area contributed by atoms with Gasteiger partial charge in [0, 0.05) is 11.8 Å². The molecule has 16 heavy (non-hydrogen) atoms. The third-order valence-electron chi connectivity index (χ3n) is 1.79. The fourth-order valence-corrected chi connectivity index (χ4v) is 1.43. The number of carbonyl (C=O) groups is 1. The number of hydrogen-bond donors (Lipinski definition) is 2. The Bertz CT molecular complexity index is 485. The molecule has 2 aromatic rings. The fourth-order valence-electron chi connectivity index (χ4n) is 1.06. The normalized spacial score (nSPS) is 10.1. The van der Waals surface area contributed by atoms with Gasteiger partial charge in [-0.25, -0.2) is 4.98 Å². The van der Waals surface area contributed by atoms with Crippen LogP contribution in [0.25, 0.3) is 0 Å². The zero-order valence-electron chi connectivity index (χ0n) is 8.01. The lowest BCUT2D eigenvalue weighted by molar-refractivity contribution is 0.0949. The van der Waals surface area contributed by atoms with Crippen LogP contribution in [0.4, 0.5) is 0 Å². The van der Waals surface area contributed by atoms with E-state index in [9.17, 15) is 4.79 Å². The van der Waals surface area contributed by atoms with Crippen molar-refractivity contribution in [2.45, 2.75) is 6.54 Å². The predicted molar refractivity (Wildman–Crippen MR) is 57.3 cm³/mol. The molecule has 0 radical (unpaired) electrons. The highest BCUT2D eigenvalue weighted by Gasteiger charge is 2.07. The zero-order valence-corrected chi connectivity index (χ0v) is 9.60. The third-order valence-corrected chi connectivity index (χ3v) is 2.22. The lowest BCUT2D eigenvalue weighted by atomic mass is 10.2. The maximum absolute atomic E-state index is 11.6. The molecular weight excluding hydrogens is 276 g/mol. The number of tetrazole rings is 1. The molecule has 0 aliphatic carbocycles. The second-order valence-electron chi connectivity index (χ2n) is 2.88. The predicted octanol–water partition coefficient (Wildman–Crippen LogP) is 0.287. The van der Waals surface area contributed by atoms with E-state index in [1.165, 1.54) is 0 Å². The summed E-state index contributed by atoms with van der Waals surface area (Å²) in [6, 6.07) is 3.25. The second kappa shape index (κ2) is 4.79. The van der Waals surface area contributed by atoms with Gasteiger partial charge in [-0.05, 0) is 28.1 Å². The van der Waals surface area contributed by atoms with Crippen LogP contribution < -0.4 is 5.32 Å². The van der Waals surface area contributed by atoms with Gasteiger partial charge in [0.15, 0.2) is 5.82 Å². The Morgan fingerprint density at radius 2 is 2.44 bits per heavy atom. The first-order valence-corrected chi connectivity index (χ1v) is 5.17. The molecule has 2 aromatic heterocycles. The molecule has 2 heterocycles. The van der Waals surface area contributed by atoms with Crippen LogP contribution in [0.2, 0.25) is 0 Å². The molecule has 0 atom stereocenters. The zero-order chi connectivity index (χ0) is 11.4. The maximum Gasteiger partial charge on any atom is 0.251 e. The molecule has 0 aromatic carbocycles. The van der Waals surface area contributed by atoms with Gasteiger partial charge in [0.1, 0.15) is 4.60 Å². The third kappa shape index (κ3) is 2.60. The molecule has 2 rings (SSSR count). The molecule has 1 amide bonds. The number of amides is 1. The first kappa shape index (κ1) is 10.7. The number of rotatable bonds is 3. The van der Waals surface area contributed by atoms with Gasteiger partial charge < -0.3 is 5.32 Å². The van der Waals surface area contributed by atoms with E-state index in [2.05, 4.69) is 46.9 Å². The van der Waals surface area contributed by atoms with Gasteiger partial charge in [0.05, 0.1) is 6.54 Å². The van der Waals surface area contributed by atoms with E-state index < -0.39 is 0 Å². The Hall–Kier alpha value is -1.83. The molecule has 0 saturated heterocycles. The minimum Gasteiger partial charge on any atom is -0.345 e. The second-order valence-corrected chi connectivity index (χ2v) is 3.69. The molecular formula is C8H7BrN6O. The SMILES string of the molecule is O=C(NCc1nn[nH]n1)c1ccnc(Br)c1. The Kier molecular flexibility index (Phi) is 3.20. The molecule has 0 fully saturated rings. The van der Waals surface area contributed by atoms with E-state index in [0.717, 1.165) is 0 Å². The lowest BCUT2D eigenvalue weighted by Crippen LogP contribution is -2.23. The van der Waals surface area contributed by atoms with Crippen molar-refractivity contribution in [2.24, 2.45) is 0 Å². The van der Waals surface area contributed by atoms with Crippen LogP contribution >= 0.6 is 15.9 Å². The summed E-state index contributed by atoms with van der Waals surface area (Å²) in [6.45, 7) is 0.231. The van der Waals surface area contributed by atoms with E-state index in [0.29, 0.717) is 16.0 Å². The first-order valence-electron chi connectivity index (χ1n) is 4.38. The number of halogens is 1. The fraction of sp³-hybridized carbons (Fsp3) is 0.125. The van der Waals surface area contributed by atoms with Crippen LogP contribution in [0.3, 0.4) is 0 Å². The van der Waals surface area contributed by atoms with Crippen molar-refractivity contribution < 1.29 is 4.79 Å². The average Bonchev–Trinajstić information content (AvgIpc) is 2.78. The minimum atomic E-state index is -0.215. The summed E-state index contributed by atoms with van der Waals surface area (Å²) in [5.41, 5.74) is 0.519. The number of carbonyl (C=O) groups excluding carboxylic acids is 1. The van der Waals surface area contributed by atoms with E-state index in [1.54, 1.807) is 18.3 Å². The van der Waals surface area contributed by atoms with Gasteiger partial charge in [0.2, 0.25) is 0 Å². The van der Waals surface area contributed by atoms with Gasteiger partial charge in [-0.1, -0.05) is 5.21 Å². The van der Waals surface area contributed by atoms with Gasteiger partial charge in [-0.2, -0.15) is 5.21 Å². The van der Waals surface area contributed by atoms with Crippen molar-refractivity contribution in [3.8, 4) is 0 Å².